The van der Waals surface area contributed by atoms with Gasteiger partial charge in [-0.2, -0.15) is 31.5 Å². The minimum Gasteiger partial charge on any atom is -0.209 e. The predicted molar refractivity (Wildman–Crippen MR) is 69.9 cm³/mol. The fourth-order valence-corrected chi connectivity index (χ4v) is 2.11. The fraction of sp³-hybridized carbons (Fsp3) is 0.200. The lowest BCUT2D eigenvalue weighted by Crippen LogP contribution is -2.08. The zero-order chi connectivity index (χ0) is 17.3. The Morgan fingerprint density at radius 1 is 0.739 bits per heavy atom. The van der Waals surface area contributed by atoms with Gasteiger partial charge in [-0.25, -0.2) is 5.53 Å². The van der Waals surface area contributed by atoms with Crippen molar-refractivity contribution >= 4 is 0 Å². The van der Waals surface area contributed by atoms with Crippen molar-refractivity contribution in [1.29, 1.82) is 5.53 Å². The van der Waals surface area contributed by atoms with E-state index in [2.05, 4.69) is 5.11 Å². The summed E-state index contributed by atoms with van der Waals surface area (Å²) in [5.74, 6) is 0. The number of halogens is 6. The fourth-order valence-electron chi connectivity index (χ4n) is 2.11. The largest absolute Gasteiger partial charge is 0.416 e. The molecule has 2 aromatic rings. The first-order valence-corrected chi connectivity index (χ1v) is 6.34. The molecule has 0 atom stereocenters. The van der Waals surface area contributed by atoms with E-state index >= 15 is 0 Å². The molecule has 0 aliphatic heterocycles. The summed E-state index contributed by atoms with van der Waals surface area (Å²) >= 11 is 0. The Bertz CT molecular complexity index is 648. The second-order valence-corrected chi connectivity index (χ2v) is 4.78. The van der Waals surface area contributed by atoms with Gasteiger partial charge in [0.1, 0.15) is 6.04 Å². The van der Waals surface area contributed by atoms with Crippen molar-refractivity contribution in [3.05, 3.63) is 70.8 Å². The molecular formula is C15H10F6N2. The highest BCUT2D eigenvalue weighted by Crippen LogP contribution is 2.35. The van der Waals surface area contributed by atoms with Crippen LogP contribution < -0.4 is 0 Å². The van der Waals surface area contributed by atoms with E-state index < -0.39 is 29.5 Å². The molecule has 0 unspecified atom stereocenters. The predicted octanol–water partition coefficient (Wildman–Crippen LogP) is 5.84. The Morgan fingerprint density at radius 2 is 1.13 bits per heavy atom. The maximum Gasteiger partial charge on any atom is 0.416 e. The van der Waals surface area contributed by atoms with Crippen LogP contribution in [0, 0.1) is 5.53 Å². The Labute approximate surface area is 127 Å². The number of benzene rings is 2. The second kappa shape index (κ2) is 6.02. The van der Waals surface area contributed by atoms with E-state index in [1.165, 1.54) is 12.1 Å². The van der Waals surface area contributed by atoms with Gasteiger partial charge in [0.05, 0.1) is 11.1 Å². The van der Waals surface area contributed by atoms with Crippen molar-refractivity contribution in [3.63, 3.8) is 0 Å². The molecule has 0 aromatic heterocycles. The molecule has 0 bridgehead atoms. The molecule has 0 fully saturated rings. The van der Waals surface area contributed by atoms with Crippen molar-refractivity contribution in [2.75, 3.05) is 0 Å². The van der Waals surface area contributed by atoms with Crippen molar-refractivity contribution in [2.45, 2.75) is 18.4 Å². The second-order valence-electron chi connectivity index (χ2n) is 4.78. The first-order valence-electron chi connectivity index (χ1n) is 6.34. The van der Waals surface area contributed by atoms with E-state index in [0.29, 0.717) is 0 Å². The third-order valence-corrected chi connectivity index (χ3v) is 3.19. The Kier molecular flexibility index (Phi) is 4.44. The molecule has 0 radical (unpaired) electrons. The molecule has 8 heteroatoms. The molecule has 122 valence electrons. The van der Waals surface area contributed by atoms with E-state index in [-0.39, 0.29) is 11.1 Å². The summed E-state index contributed by atoms with van der Waals surface area (Å²) in [7, 11) is 0. The van der Waals surface area contributed by atoms with E-state index in [1.807, 2.05) is 0 Å². The van der Waals surface area contributed by atoms with Gasteiger partial charge in [0.2, 0.25) is 0 Å². The van der Waals surface area contributed by atoms with Gasteiger partial charge < -0.3 is 0 Å². The maximum atomic E-state index is 12.7. The van der Waals surface area contributed by atoms with Crippen LogP contribution in [0.3, 0.4) is 0 Å². The van der Waals surface area contributed by atoms with Gasteiger partial charge in [0, 0.05) is 0 Å². The summed E-state index contributed by atoms with van der Waals surface area (Å²) in [6.07, 6.45) is -9.17. The Morgan fingerprint density at radius 3 is 1.43 bits per heavy atom. The summed E-state index contributed by atoms with van der Waals surface area (Å²) in [6, 6.07) is 6.85. The third-order valence-electron chi connectivity index (χ3n) is 3.19. The van der Waals surface area contributed by atoms with Gasteiger partial charge in [-0.1, -0.05) is 24.3 Å². The van der Waals surface area contributed by atoms with Crippen LogP contribution in [0.25, 0.3) is 0 Å². The van der Waals surface area contributed by atoms with Crippen LogP contribution in [-0.2, 0) is 12.4 Å². The SMILES string of the molecule is N=NC(c1cccc(C(F)(F)F)c1)c1cccc(C(F)(F)F)c1. The number of hydrogen-bond acceptors (Lipinski definition) is 2. The third kappa shape index (κ3) is 3.88. The number of nitrogens with zero attached hydrogens (tertiary/aromatic N) is 1. The van der Waals surface area contributed by atoms with E-state index in [4.69, 9.17) is 5.53 Å². The molecule has 0 amide bonds. The Hall–Kier alpha value is -2.38. The normalized spacial score (nSPS) is 12.5. The van der Waals surface area contributed by atoms with Gasteiger partial charge in [0.15, 0.2) is 0 Å². The van der Waals surface area contributed by atoms with E-state index in [0.717, 1.165) is 36.4 Å². The van der Waals surface area contributed by atoms with Crippen LogP contribution in [0.5, 0.6) is 0 Å². The highest BCUT2D eigenvalue weighted by Gasteiger charge is 2.33. The average Bonchev–Trinajstić information content (AvgIpc) is 2.47. The lowest BCUT2D eigenvalue weighted by molar-refractivity contribution is -0.138. The molecule has 0 saturated heterocycles. The summed E-state index contributed by atoms with van der Waals surface area (Å²) < 4.78 is 76.4. The quantitative estimate of drug-likeness (QED) is 0.541. The molecule has 2 aromatic carbocycles. The topological polar surface area (TPSA) is 36.2 Å². The van der Waals surface area contributed by atoms with Crippen LogP contribution in [0.15, 0.2) is 53.6 Å². The molecule has 2 rings (SSSR count). The molecule has 1 N–H and O–H groups in total. The summed E-state index contributed by atoms with van der Waals surface area (Å²) in [4.78, 5) is 0. The van der Waals surface area contributed by atoms with Crippen molar-refractivity contribution < 1.29 is 26.3 Å². The van der Waals surface area contributed by atoms with Crippen molar-refractivity contribution in [2.24, 2.45) is 5.11 Å². The number of rotatable bonds is 3. The molecule has 0 heterocycles. The van der Waals surface area contributed by atoms with Gasteiger partial charge in [-0.05, 0) is 35.4 Å². The first-order chi connectivity index (χ1) is 10.6. The zero-order valence-electron chi connectivity index (χ0n) is 11.4. The van der Waals surface area contributed by atoms with Crippen LogP contribution in [-0.4, -0.2) is 0 Å². The van der Waals surface area contributed by atoms with Gasteiger partial charge in [0.25, 0.3) is 0 Å². The van der Waals surface area contributed by atoms with Gasteiger partial charge in [-0.15, -0.1) is 0 Å². The standard InChI is InChI=1S/C15H10F6N2/c16-14(17,18)11-5-1-3-9(7-11)13(23-22)10-4-2-6-12(8-10)15(19,20)21/h1-8,13,22H. The highest BCUT2D eigenvalue weighted by molar-refractivity contribution is 5.37. The summed E-state index contributed by atoms with van der Waals surface area (Å²) in [5, 5.41) is 3.19. The van der Waals surface area contributed by atoms with Gasteiger partial charge >= 0.3 is 12.4 Å². The summed E-state index contributed by atoms with van der Waals surface area (Å²) in [6.45, 7) is 0. The number of hydrogen-bond donors (Lipinski definition) is 1. The first kappa shape index (κ1) is 17.0. The van der Waals surface area contributed by atoms with Crippen LogP contribution in [0.2, 0.25) is 0 Å². The monoisotopic (exact) mass is 332 g/mol. The van der Waals surface area contributed by atoms with Crippen LogP contribution in [0.1, 0.15) is 28.3 Å². The highest BCUT2D eigenvalue weighted by atomic mass is 19.4. The molecule has 0 aliphatic rings. The summed E-state index contributed by atoms with van der Waals surface area (Å²) in [5.41, 5.74) is 5.24. The minimum atomic E-state index is -4.59. The number of alkyl halides is 6. The van der Waals surface area contributed by atoms with Crippen molar-refractivity contribution in [3.8, 4) is 0 Å². The molecular weight excluding hydrogens is 322 g/mol. The molecule has 0 aliphatic carbocycles. The smallest absolute Gasteiger partial charge is 0.209 e. The molecule has 2 nitrogen and oxygen atoms in total. The van der Waals surface area contributed by atoms with E-state index in [9.17, 15) is 26.3 Å². The zero-order valence-corrected chi connectivity index (χ0v) is 11.4. The average molecular weight is 332 g/mol. The maximum absolute atomic E-state index is 12.7. The van der Waals surface area contributed by atoms with Crippen molar-refractivity contribution in [1.82, 2.24) is 0 Å². The lowest BCUT2D eigenvalue weighted by Gasteiger charge is -2.16. The minimum absolute atomic E-state index is 0.00542. The number of nitrogens with one attached hydrogen (secondary N) is 1. The van der Waals surface area contributed by atoms with E-state index in [1.54, 1.807) is 0 Å². The molecule has 0 saturated carbocycles. The van der Waals surface area contributed by atoms with Crippen LogP contribution in [0.4, 0.5) is 26.3 Å². The Balaban J connectivity index is 2.47. The molecule has 0 spiro atoms. The lowest BCUT2D eigenvalue weighted by atomic mass is 9.96. The van der Waals surface area contributed by atoms with Crippen LogP contribution >= 0.6 is 0 Å². The van der Waals surface area contributed by atoms with Gasteiger partial charge in [-0.3, -0.25) is 0 Å². The molecule has 23 heavy (non-hydrogen) atoms.